The van der Waals surface area contributed by atoms with Crippen LogP contribution in [0, 0.1) is 5.82 Å². The van der Waals surface area contributed by atoms with Gasteiger partial charge in [0.05, 0.1) is 17.2 Å². The highest BCUT2D eigenvalue weighted by Gasteiger charge is 2.12. The summed E-state index contributed by atoms with van der Waals surface area (Å²) in [6.07, 6.45) is -0.997. The van der Waals surface area contributed by atoms with E-state index in [1.807, 2.05) is 0 Å². The van der Waals surface area contributed by atoms with Crippen molar-refractivity contribution in [1.82, 2.24) is 0 Å². The topological polar surface area (TPSA) is 72.7 Å². The molecule has 0 saturated heterocycles. The molecule has 84 valence electrons. The van der Waals surface area contributed by atoms with Crippen LogP contribution in [0.25, 0.3) is 0 Å². The second-order valence-electron chi connectivity index (χ2n) is 2.97. The van der Waals surface area contributed by atoms with Crippen LogP contribution in [0.3, 0.4) is 0 Å². The molecule has 6 heteroatoms. The zero-order valence-electron chi connectivity index (χ0n) is 7.74. The summed E-state index contributed by atoms with van der Waals surface area (Å²) < 4.78 is 13.5. The number of aromatic hydroxyl groups is 1. The molecule has 0 aliphatic rings. The number of benzene rings is 1. The summed E-state index contributed by atoms with van der Waals surface area (Å²) in [5.74, 6) is -0.888. The number of aliphatic hydroxyl groups excluding tert-OH is 2. The Hall–Kier alpha value is -0.850. The second-order valence-corrected chi connectivity index (χ2v) is 3.82. The number of nitrogens with one attached hydrogen (secondary N) is 1. The maximum Gasteiger partial charge on any atom is 0.155 e. The van der Waals surface area contributed by atoms with Crippen molar-refractivity contribution in [1.29, 1.82) is 0 Å². The van der Waals surface area contributed by atoms with E-state index >= 15 is 0 Å². The largest absolute Gasteiger partial charge is 0.505 e. The van der Waals surface area contributed by atoms with Crippen LogP contribution in [-0.2, 0) is 0 Å². The van der Waals surface area contributed by atoms with Crippen molar-refractivity contribution in [2.24, 2.45) is 0 Å². The van der Waals surface area contributed by atoms with Gasteiger partial charge >= 0.3 is 0 Å². The number of rotatable bonds is 4. The molecule has 0 aliphatic heterocycles. The highest BCUT2D eigenvalue weighted by molar-refractivity contribution is 9.10. The molecule has 1 atom stereocenters. The van der Waals surface area contributed by atoms with Crippen LogP contribution < -0.4 is 5.32 Å². The maximum absolute atomic E-state index is 13.2. The van der Waals surface area contributed by atoms with E-state index < -0.39 is 18.5 Å². The lowest BCUT2D eigenvalue weighted by atomic mass is 10.2. The van der Waals surface area contributed by atoms with E-state index in [1.165, 1.54) is 12.1 Å². The number of phenols is 1. The molecule has 0 spiro atoms. The highest BCUT2D eigenvalue weighted by atomic mass is 79.9. The number of hydrogen-bond acceptors (Lipinski definition) is 4. The van der Waals surface area contributed by atoms with E-state index in [9.17, 15) is 9.50 Å². The zero-order valence-corrected chi connectivity index (χ0v) is 9.33. The van der Waals surface area contributed by atoms with E-state index in [2.05, 4.69) is 21.2 Å². The van der Waals surface area contributed by atoms with Crippen LogP contribution in [0.2, 0.25) is 0 Å². The van der Waals surface area contributed by atoms with E-state index in [-0.39, 0.29) is 18.0 Å². The average Bonchev–Trinajstić information content (AvgIpc) is 2.23. The molecular weight excluding hydrogens is 269 g/mol. The minimum absolute atomic E-state index is 0.0442. The lowest BCUT2D eigenvalue weighted by molar-refractivity contribution is 0.105. The van der Waals surface area contributed by atoms with Crippen molar-refractivity contribution in [2.45, 2.75) is 6.10 Å². The Morgan fingerprint density at radius 3 is 2.73 bits per heavy atom. The standard InChI is InChI=1S/C9H11BrFNO3/c10-6-1-2-7(11)8(9(6)15)12-3-5(14)4-13/h1-2,5,12-15H,3-4H2. The van der Waals surface area contributed by atoms with Gasteiger partial charge in [-0.1, -0.05) is 0 Å². The molecule has 4 nitrogen and oxygen atoms in total. The minimum Gasteiger partial charge on any atom is -0.505 e. The van der Waals surface area contributed by atoms with Gasteiger partial charge in [0.2, 0.25) is 0 Å². The molecule has 15 heavy (non-hydrogen) atoms. The molecule has 1 rings (SSSR count). The van der Waals surface area contributed by atoms with Crippen LogP contribution in [0.4, 0.5) is 10.1 Å². The molecule has 4 N–H and O–H groups in total. The second kappa shape index (κ2) is 5.29. The summed E-state index contributed by atoms with van der Waals surface area (Å²) in [5.41, 5.74) is -0.100. The lowest BCUT2D eigenvalue weighted by Crippen LogP contribution is -2.23. The third-order valence-corrected chi connectivity index (χ3v) is 2.44. The van der Waals surface area contributed by atoms with Gasteiger partial charge in [-0.2, -0.15) is 0 Å². The molecule has 0 aliphatic carbocycles. The Morgan fingerprint density at radius 1 is 1.47 bits per heavy atom. The quantitative estimate of drug-likeness (QED) is 0.622. The number of anilines is 1. The van der Waals surface area contributed by atoms with Crippen LogP contribution in [0.5, 0.6) is 5.75 Å². The molecule has 1 unspecified atom stereocenters. The lowest BCUT2D eigenvalue weighted by Gasteiger charge is -2.12. The summed E-state index contributed by atoms with van der Waals surface area (Å²) in [4.78, 5) is 0. The summed E-state index contributed by atoms with van der Waals surface area (Å²) >= 11 is 3.04. The fourth-order valence-electron chi connectivity index (χ4n) is 0.994. The first-order valence-corrected chi connectivity index (χ1v) is 5.05. The smallest absolute Gasteiger partial charge is 0.155 e. The van der Waals surface area contributed by atoms with Gasteiger partial charge in [0.15, 0.2) is 5.75 Å². The highest BCUT2D eigenvalue weighted by Crippen LogP contribution is 2.33. The molecule has 0 heterocycles. The number of phenolic OH excluding ortho intramolecular Hbond substituents is 1. The molecular formula is C9H11BrFNO3. The van der Waals surface area contributed by atoms with Crippen molar-refractivity contribution in [3.05, 3.63) is 22.4 Å². The Bertz CT molecular complexity index is 348. The van der Waals surface area contributed by atoms with Gasteiger partial charge in [-0.05, 0) is 28.1 Å². The number of hydrogen-bond donors (Lipinski definition) is 4. The minimum atomic E-state index is -0.997. The molecule has 0 saturated carbocycles. The van der Waals surface area contributed by atoms with Crippen molar-refractivity contribution >= 4 is 21.6 Å². The fourth-order valence-corrected chi connectivity index (χ4v) is 1.32. The maximum atomic E-state index is 13.2. The first-order chi connectivity index (χ1) is 7.06. The van der Waals surface area contributed by atoms with Crippen molar-refractivity contribution in [3.8, 4) is 5.75 Å². The summed E-state index contributed by atoms with van der Waals surface area (Å²) in [5, 5.41) is 29.6. The van der Waals surface area contributed by atoms with Crippen LogP contribution in [0.15, 0.2) is 16.6 Å². The van der Waals surface area contributed by atoms with Gasteiger partial charge in [-0.25, -0.2) is 4.39 Å². The van der Waals surface area contributed by atoms with Gasteiger partial charge in [-0.15, -0.1) is 0 Å². The first-order valence-electron chi connectivity index (χ1n) is 4.26. The predicted octanol–water partition coefficient (Wildman–Crippen LogP) is 1.06. The Labute approximate surface area is 94.5 Å². The number of aliphatic hydroxyl groups is 2. The Kier molecular flexibility index (Phi) is 4.31. The van der Waals surface area contributed by atoms with Gasteiger partial charge < -0.3 is 20.6 Å². The third-order valence-electron chi connectivity index (χ3n) is 1.80. The molecule has 0 fully saturated rings. The fraction of sp³-hybridized carbons (Fsp3) is 0.333. The first kappa shape index (κ1) is 12.2. The third kappa shape index (κ3) is 3.05. The van der Waals surface area contributed by atoms with Gasteiger partial charge in [-0.3, -0.25) is 0 Å². The van der Waals surface area contributed by atoms with Crippen molar-refractivity contribution < 1.29 is 19.7 Å². The monoisotopic (exact) mass is 279 g/mol. The predicted molar refractivity (Wildman–Crippen MR) is 57.3 cm³/mol. The molecule has 1 aromatic carbocycles. The molecule has 0 radical (unpaired) electrons. The summed E-state index contributed by atoms with van der Waals surface area (Å²) in [6.45, 7) is -0.471. The molecule has 1 aromatic rings. The van der Waals surface area contributed by atoms with Gasteiger partial charge in [0, 0.05) is 6.54 Å². The molecule has 0 aromatic heterocycles. The van der Waals surface area contributed by atoms with E-state index in [0.717, 1.165) is 0 Å². The van der Waals surface area contributed by atoms with E-state index in [4.69, 9.17) is 10.2 Å². The molecule has 0 amide bonds. The van der Waals surface area contributed by atoms with Crippen LogP contribution in [-0.4, -0.2) is 34.6 Å². The van der Waals surface area contributed by atoms with E-state index in [0.29, 0.717) is 4.47 Å². The average molecular weight is 280 g/mol. The van der Waals surface area contributed by atoms with Gasteiger partial charge in [0.25, 0.3) is 0 Å². The van der Waals surface area contributed by atoms with Crippen LogP contribution >= 0.6 is 15.9 Å². The number of halogens is 2. The summed E-state index contributed by atoms with van der Waals surface area (Å²) in [7, 11) is 0. The van der Waals surface area contributed by atoms with Crippen molar-refractivity contribution in [3.63, 3.8) is 0 Å². The van der Waals surface area contributed by atoms with Crippen LogP contribution in [0.1, 0.15) is 0 Å². The zero-order chi connectivity index (χ0) is 11.4. The Balaban J connectivity index is 2.80. The van der Waals surface area contributed by atoms with Gasteiger partial charge in [0.1, 0.15) is 11.5 Å². The SMILES string of the molecule is OCC(O)CNc1c(F)ccc(Br)c1O. The van der Waals surface area contributed by atoms with Crippen molar-refractivity contribution in [2.75, 3.05) is 18.5 Å². The summed E-state index contributed by atoms with van der Waals surface area (Å²) in [6, 6.07) is 2.55. The normalized spacial score (nSPS) is 12.5. The molecule has 0 bridgehead atoms. The Morgan fingerprint density at radius 2 is 2.13 bits per heavy atom. The van der Waals surface area contributed by atoms with E-state index in [1.54, 1.807) is 0 Å².